The molecule has 0 fully saturated rings. The summed E-state index contributed by atoms with van der Waals surface area (Å²) in [6.45, 7) is -0.0757. The van der Waals surface area contributed by atoms with Gasteiger partial charge < -0.3 is 15.2 Å². The van der Waals surface area contributed by atoms with E-state index in [2.05, 4.69) is 0 Å². The van der Waals surface area contributed by atoms with Crippen LogP contribution in [0.1, 0.15) is 10.8 Å². The Labute approximate surface area is 140 Å². The fraction of sp³-hybridized carbons (Fsp3) is 0.250. The molecule has 0 aliphatic rings. The fourth-order valence-corrected chi connectivity index (χ4v) is 4.05. The average molecular weight is 356 g/mol. The number of benzene rings is 2. The first kappa shape index (κ1) is 17.6. The van der Waals surface area contributed by atoms with E-state index >= 15 is 0 Å². The minimum Gasteiger partial charge on any atom is -0.497 e. The van der Waals surface area contributed by atoms with Gasteiger partial charge in [0, 0.05) is 23.2 Å². The van der Waals surface area contributed by atoms with Crippen molar-refractivity contribution in [2.24, 2.45) is 5.73 Å². The van der Waals surface area contributed by atoms with Gasteiger partial charge in [-0.05, 0) is 30.3 Å². The van der Waals surface area contributed by atoms with Gasteiger partial charge in [-0.3, -0.25) is 0 Å². The van der Waals surface area contributed by atoms with Gasteiger partial charge in [0.2, 0.25) is 0 Å². The van der Waals surface area contributed by atoms with Crippen LogP contribution in [0.15, 0.2) is 47.4 Å². The zero-order chi connectivity index (χ0) is 17.0. The molecule has 0 aromatic heterocycles. The van der Waals surface area contributed by atoms with Gasteiger partial charge in [0.15, 0.2) is 9.84 Å². The standard InChI is InChI=1S/C16H18ClNO4S/c1-21-12-5-8-14(15(9-12)22-2)16(10-18)23(19,20)13-6-3-11(17)4-7-13/h3-9,16H,10,18H2,1-2H3/t16-/m1/s1. The van der Waals surface area contributed by atoms with Crippen LogP contribution in [-0.4, -0.2) is 29.2 Å². The molecule has 0 aliphatic heterocycles. The van der Waals surface area contributed by atoms with Crippen molar-refractivity contribution < 1.29 is 17.9 Å². The molecule has 0 spiro atoms. The van der Waals surface area contributed by atoms with Crippen LogP contribution in [0.3, 0.4) is 0 Å². The molecule has 23 heavy (non-hydrogen) atoms. The predicted molar refractivity (Wildman–Crippen MR) is 90.0 cm³/mol. The van der Waals surface area contributed by atoms with Gasteiger partial charge in [0.1, 0.15) is 16.7 Å². The number of hydrogen-bond acceptors (Lipinski definition) is 5. The molecule has 2 N–H and O–H groups in total. The van der Waals surface area contributed by atoms with E-state index < -0.39 is 15.1 Å². The summed E-state index contributed by atoms with van der Waals surface area (Å²) in [4.78, 5) is 0.162. The second-order valence-electron chi connectivity index (χ2n) is 4.83. The SMILES string of the molecule is COc1ccc([C@@H](CN)S(=O)(=O)c2ccc(Cl)cc2)c(OC)c1. The monoisotopic (exact) mass is 355 g/mol. The number of methoxy groups -OCH3 is 2. The fourth-order valence-electron chi connectivity index (χ4n) is 2.29. The highest BCUT2D eigenvalue weighted by atomic mass is 35.5. The molecule has 0 heterocycles. The highest BCUT2D eigenvalue weighted by Gasteiger charge is 2.30. The van der Waals surface area contributed by atoms with Crippen molar-refractivity contribution in [3.05, 3.63) is 53.1 Å². The van der Waals surface area contributed by atoms with E-state index in [0.717, 1.165) is 0 Å². The Kier molecular flexibility index (Phi) is 5.51. The van der Waals surface area contributed by atoms with Gasteiger partial charge in [0.05, 0.1) is 19.1 Å². The quantitative estimate of drug-likeness (QED) is 0.862. The van der Waals surface area contributed by atoms with Crippen molar-refractivity contribution in [2.45, 2.75) is 10.1 Å². The topological polar surface area (TPSA) is 78.6 Å². The lowest BCUT2D eigenvalue weighted by molar-refractivity contribution is 0.390. The lowest BCUT2D eigenvalue weighted by atomic mass is 10.1. The van der Waals surface area contributed by atoms with Crippen molar-refractivity contribution in [1.82, 2.24) is 0 Å². The molecule has 1 atom stereocenters. The minimum absolute atomic E-state index is 0.0757. The molecule has 0 radical (unpaired) electrons. The molecular weight excluding hydrogens is 338 g/mol. The van der Waals surface area contributed by atoms with Crippen molar-refractivity contribution in [3.8, 4) is 11.5 Å². The maximum Gasteiger partial charge on any atom is 0.186 e. The Bertz CT molecular complexity index is 775. The van der Waals surface area contributed by atoms with E-state index in [9.17, 15) is 8.42 Å². The number of sulfone groups is 1. The van der Waals surface area contributed by atoms with Crippen LogP contribution in [-0.2, 0) is 9.84 Å². The second-order valence-corrected chi connectivity index (χ2v) is 7.40. The zero-order valence-corrected chi connectivity index (χ0v) is 14.4. The van der Waals surface area contributed by atoms with Crippen LogP contribution in [0.4, 0.5) is 0 Å². The van der Waals surface area contributed by atoms with Gasteiger partial charge in [-0.2, -0.15) is 0 Å². The van der Waals surface area contributed by atoms with E-state index in [1.807, 2.05) is 0 Å². The summed E-state index contributed by atoms with van der Waals surface area (Å²) in [7, 11) is -0.677. The molecule has 0 amide bonds. The summed E-state index contributed by atoms with van der Waals surface area (Å²) in [6.07, 6.45) is 0. The molecule has 7 heteroatoms. The second kappa shape index (κ2) is 7.21. The zero-order valence-electron chi connectivity index (χ0n) is 12.8. The molecule has 2 aromatic rings. The van der Waals surface area contributed by atoms with Gasteiger partial charge in [-0.15, -0.1) is 0 Å². The average Bonchev–Trinajstić information content (AvgIpc) is 2.56. The van der Waals surface area contributed by atoms with E-state index in [1.165, 1.54) is 38.5 Å². The van der Waals surface area contributed by atoms with Crippen LogP contribution in [0.25, 0.3) is 0 Å². The van der Waals surface area contributed by atoms with Crippen LogP contribution < -0.4 is 15.2 Å². The van der Waals surface area contributed by atoms with E-state index in [0.29, 0.717) is 22.1 Å². The van der Waals surface area contributed by atoms with Gasteiger partial charge >= 0.3 is 0 Å². The summed E-state index contributed by atoms with van der Waals surface area (Å²) in [6, 6.07) is 11.0. The van der Waals surface area contributed by atoms with Crippen LogP contribution >= 0.6 is 11.6 Å². The first-order valence-corrected chi connectivity index (χ1v) is 8.78. The van der Waals surface area contributed by atoms with Crippen LogP contribution in [0.5, 0.6) is 11.5 Å². The molecule has 0 unspecified atom stereocenters. The summed E-state index contributed by atoms with van der Waals surface area (Å²) < 4.78 is 36.2. The first-order valence-electron chi connectivity index (χ1n) is 6.85. The van der Waals surface area contributed by atoms with Gasteiger partial charge in [0.25, 0.3) is 0 Å². The Morgan fingerprint density at radius 2 is 1.74 bits per heavy atom. The summed E-state index contributed by atoms with van der Waals surface area (Å²) in [5, 5.41) is -0.459. The third-order valence-corrected chi connectivity index (χ3v) is 5.90. The smallest absolute Gasteiger partial charge is 0.186 e. The molecule has 0 saturated heterocycles. The summed E-state index contributed by atoms with van der Waals surface area (Å²) in [5.41, 5.74) is 6.25. The van der Waals surface area contributed by atoms with Crippen molar-refractivity contribution >= 4 is 21.4 Å². The number of rotatable bonds is 6. The highest BCUT2D eigenvalue weighted by molar-refractivity contribution is 7.91. The Balaban J connectivity index is 2.52. The molecule has 0 saturated carbocycles. The molecule has 5 nitrogen and oxygen atoms in total. The van der Waals surface area contributed by atoms with Crippen molar-refractivity contribution in [1.29, 1.82) is 0 Å². The van der Waals surface area contributed by atoms with Crippen molar-refractivity contribution in [3.63, 3.8) is 0 Å². The summed E-state index contributed by atoms with van der Waals surface area (Å²) in [5.74, 6) is 0.989. The normalized spacial score (nSPS) is 12.7. The predicted octanol–water partition coefficient (Wildman–Crippen LogP) is 2.83. The van der Waals surface area contributed by atoms with Gasteiger partial charge in [-0.1, -0.05) is 17.7 Å². The maximum absolute atomic E-state index is 12.9. The molecular formula is C16H18ClNO4S. The van der Waals surface area contributed by atoms with Crippen LogP contribution in [0.2, 0.25) is 5.02 Å². The Hall–Kier alpha value is -1.76. The molecule has 2 rings (SSSR count). The maximum atomic E-state index is 12.9. The third kappa shape index (κ3) is 3.60. The Morgan fingerprint density at radius 1 is 1.09 bits per heavy atom. The third-order valence-electron chi connectivity index (χ3n) is 3.52. The Morgan fingerprint density at radius 3 is 2.26 bits per heavy atom. The number of halogens is 1. The number of ether oxygens (including phenoxy) is 2. The molecule has 2 aromatic carbocycles. The number of nitrogens with two attached hydrogens (primary N) is 1. The lowest BCUT2D eigenvalue weighted by Gasteiger charge is -2.19. The van der Waals surface area contributed by atoms with Crippen LogP contribution in [0, 0.1) is 0 Å². The lowest BCUT2D eigenvalue weighted by Crippen LogP contribution is -2.22. The van der Waals surface area contributed by atoms with Crippen molar-refractivity contribution in [2.75, 3.05) is 20.8 Å². The largest absolute Gasteiger partial charge is 0.497 e. The van der Waals surface area contributed by atoms with E-state index in [1.54, 1.807) is 18.2 Å². The number of hydrogen-bond donors (Lipinski definition) is 1. The minimum atomic E-state index is -3.68. The van der Waals surface area contributed by atoms with Gasteiger partial charge in [-0.25, -0.2) is 8.42 Å². The summed E-state index contributed by atoms with van der Waals surface area (Å²) >= 11 is 5.82. The highest BCUT2D eigenvalue weighted by Crippen LogP contribution is 2.36. The van der Waals surface area contributed by atoms with E-state index in [-0.39, 0.29) is 11.4 Å². The molecule has 0 aliphatic carbocycles. The molecule has 0 bridgehead atoms. The molecule has 124 valence electrons. The van der Waals surface area contributed by atoms with E-state index in [4.69, 9.17) is 26.8 Å². The first-order chi connectivity index (χ1) is 10.9.